The van der Waals surface area contributed by atoms with Crippen molar-refractivity contribution >= 4 is 12.1 Å². The first kappa shape index (κ1) is 16.8. The summed E-state index contributed by atoms with van der Waals surface area (Å²) in [6.07, 6.45) is 1.46. The van der Waals surface area contributed by atoms with Crippen LogP contribution in [0.3, 0.4) is 0 Å². The van der Waals surface area contributed by atoms with E-state index in [1.165, 1.54) is 11.9 Å². The molecular formula is C14H25NO5. The number of rotatable bonds is 3. The van der Waals surface area contributed by atoms with Gasteiger partial charge in [0.2, 0.25) is 0 Å². The predicted molar refractivity (Wildman–Crippen MR) is 73.6 cm³/mol. The zero-order chi connectivity index (χ0) is 15.6. The van der Waals surface area contributed by atoms with E-state index in [4.69, 9.17) is 9.47 Å². The number of nitrogens with zero attached hydrogens (tertiary/aromatic N) is 1. The maximum atomic E-state index is 12.2. The smallest absolute Gasteiger partial charge is 0.410 e. The van der Waals surface area contributed by atoms with Gasteiger partial charge in [0.25, 0.3) is 0 Å². The van der Waals surface area contributed by atoms with Crippen LogP contribution < -0.4 is 0 Å². The van der Waals surface area contributed by atoms with Crippen molar-refractivity contribution in [3.63, 3.8) is 0 Å². The third-order valence-corrected chi connectivity index (χ3v) is 3.72. The minimum Gasteiger partial charge on any atom is -0.479 e. The maximum Gasteiger partial charge on any atom is 0.410 e. The maximum absolute atomic E-state index is 12.2. The van der Waals surface area contributed by atoms with Crippen LogP contribution in [0.2, 0.25) is 0 Å². The highest BCUT2D eigenvalue weighted by Gasteiger charge is 2.49. The van der Waals surface area contributed by atoms with Crippen LogP contribution in [-0.2, 0) is 14.3 Å². The summed E-state index contributed by atoms with van der Waals surface area (Å²) in [6.45, 7) is 5.26. The standard InChI is InChI=1S/C14H25NO5/c1-13(2,3)20-12(18)15(4)14(11(16)17)8-6-7-10(9-14)19-5/h10H,6-9H2,1-5H3,(H,16,17). The Morgan fingerprint density at radius 1 is 1.35 bits per heavy atom. The van der Waals surface area contributed by atoms with Crippen LogP contribution in [0.5, 0.6) is 0 Å². The van der Waals surface area contributed by atoms with Gasteiger partial charge in [-0.05, 0) is 40.0 Å². The number of likely N-dealkylation sites (N-methyl/N-ethyl adjacent to an activating group) is 1. The lowest BCUT2D eigenvalue weighted by molar-refractivity contribution is -0.156. The Morgan fingerprint density at radius 3 is 2.40 bits per heavy atom. The van der Waals surface area contributed by atoms with Crippen LogP contribution in [0.25, 0.3) is 0 Å². The minimum atomic E-state index is -1.25. The van der Waals surface area contributed by atoms with Gasteiger partial charge in [0, 0.05) is 20.6 Å². The Balaban J connectivity index is 2.95. The second-order valence-electron chi connectivity index (χ2n) is 6.33. The molecule has 0 spiro atoms. The molecule has 1 aliphatic rings. The van der Waals surface area contributed by atoms with Gasteiger partial charge in [0.05, 0.1) is 6.10 Å². The molecular weight excluding hydrogens is 262 g/mol. The Hall–Kier alpha value is -1.30. The molecule has 0 aromatic heterocycles. The van der Waals surface area contributed by atoms with E-state index in [1.807, 2.05) is 0 Å². The number of carbonyl (C=O) groups excluding carboxylic acids is 1. The van der Waals surface area contributed by atoms with Crippen LogP contribution in [0.15, 0.2) is 0 Å². The number of carboxylic acids is 1. The normalized spacial score (nSPS) is 26.9. The summed E-state index contributed by atoms with van der Waals surface area (Å²) in [5.41, 5.74) is -1.90. The third-order valence-electron chi connectivity index (χ3n) is 3.72. The van der Waals surface area contributed by atoms with Crippen LogP contribution in [-0.4, -0.2) is 53.5 Å². The second-order valence-corrected chi connectivity index (χ2v) is 6.33. The Morgan fingerprint density at radius 2 is 1.95 bits per heavy atom. The summed E-state index contributed by atoms with van der Waals surface area (Å²) in [6, 6.07) is 0. The first-order valence-electron chi connectivity index (χ1n) is 6.85. The van der Waals surface area contributed by atoms with Crippen molar-refractivity contribution in [3.05, 3.63) is 0 Å². The zero-order valence-electron chi connectivity index (χ0n) is 12.9. The lowest BCUT2D eigenvalue weighted by Gasteiger charge is -2.43. The number of ether oxygens (including phenoxy) is 2. The summed E-state index contributed by atoms with van der Waals surface area (Å²) in [5, 5.41) is 9.61. The van der Waals surface area contributed by atoms with E-state index in [9.17, 15) is 14.7 Å². The molecule has 0 bridgehead atoms. The van der Waals surface area contributed by atoms with Gasteiger partial charge < -0.3 is 14.6 Å². The molecule has 2 atom stereocenters. The molecule has 0 heterocycles. The van der Waals surface area contributed by atoms with Gasteiger partial charge in [0.1, 0.15) is 11.1 Å². The van der Waals surface area contributed by atoms with E-state index in [1.54, 1.807) is 27.9 Å². The highest BCUT2D eigenvalue weighted by atomic mass is 16.6. The van der Waals surface area contributed by atoms with Crippen LogP contribution in [0.1, 0.15) is 46.5 Å². The van der Waals surface area contributed by atoms with Crippen LogP contribution in [0.4, 0.5) is 4.79 Å². The molecule has 6 nitrogen and oxygen atoms in total. The van der Waals surface area contributed by atoms with Gasteiger partial charge in [-0.3, -0.25) is 4.90 Å². The molecule has 1 amide bonds. The number of carboxylic acid groups (broad SMARTS) is 1. The Bertz CT molecular complexity index is 376. The number of hydrogen-bond donors (Lipinski definition) is 1. The summed E-state index contributed by atoms with van der Waals surface area (Å²) >= 11 is 0. The first-order valence-corrected chi connectivity index (χ1v) is 6.85. The molecule has 20 heavy (non-hydrogen) atoms. The van der Waals surface area contributed by atoms with E-state index in [0.717, 1.165) is 6.42 Å². The zero-order valence-corrected chi connectivity index (χ0v) is 12.9. The lowest BCUT2D eigenvalue weighted by Crippen LogP contribution is -2.59. The van der Waals surface area contributed by atoms with E-state index in [-0.39, 0.29) is 12.5 Å². The minimum absolute atomic E-state index is 0.148. The number of aliphatic carboxylic acids is 1. The molecule has 6 heteroatoms. The molecule has 1 aliphatic carbocycles. The number of carbonyl (C=O) groups is 2. The lowest BCUT2D eigenvalue weighted by atomic mass is 9.79. The van der Waals surface area contributed by atoms with Crippen molar-refractivity contribution in [3.8, 4) is 0 Å². The van der Waals surface area contributed by atoms with Gasteiger partial charge in [0.15, 0.2) is 0 Å². The van der Waals surface area contributed by atoms with Crippen LogP contribution >= 0.6 is 0 Å². The summed E-state index contributed by atoms with van der Waals surface area (Å²) in [4.78, 5) is 25.1. The molecule has 116 valence electrons. The molecule has 0 aromatic carbocycles. The highest BCUT2D eigenvalue weighted by Crippen LogP contribution is 2.35. The van der Waals surface area contributed by atoms with Gasteiger partial charge in [-0.25, -0.2) is 9.59 Å². The fourth-order valence-corrected chi connectivity index (χ4v) is 2.55. The summed E-state index contributed by atoms with van der Waals surface area (Å²) in [7, 11) is 3.05. The summed E-state index contributed by atoms with van der Waals surface area (Å²) < 4.78 is 10.6. The Labute approximate surface area is 120 Å². The SMILES string of the molecule is COC1CCCC(C(=O)O)(N(C)C(=O)OC(C)(C)C)C1. The van der Waals surface area contributed by atoms with E-state index >= 15 is 0 Å². The van der Waals surface area contributed by atoms with Gasteiger partial charge >= 0.3 is 12.1 Å². The molecule has 0 aromatic rings. The molecule has 1 rings (SSSR count). The van der Waals surface area contributed by atoms with E-state index < -0.39 is 23.2 Å². The quantitative estimate of drug-likeness (QED) is 0.861. The summed E-state index contributed by atoms with van der Waals surface area (Å²) in [5.74, 6) is -1.01. The van der Waals surface area contributed by atoms with E-state index in [2.05, 4.69) is 0 Å². The van der Waals surface area contributed by atoms with Crippen molar-refractivity contribution < 1.29 is 24.2 Å². The fraction of sp³-hybridized carbons (Fsp3) is 0.857. The monoisotopic (exact) mass is 287 g/mol. The highest BCUT2D eigenvalue weighted by molar-refractivity contribution is 5.84. The molecule has 1 saturated carbocycles. The van der Waals surface area contributed by atoms with Crippen molar-refractivity contribution in [1.29, 1.82) is 0 Å². The van der Waals surface area contributed by atoms with E-state index in [0.29, 0.717) is 12.8 Å². The van der Waals surface area contributed by atoms with Crippen molar-refractivity contribution in [2.24, 2.45) is 0 Å². The number of hydrogen-bond acceptors (Lipinski definition) is 4. The van der Waals surface area contributed by atoms with Crippen LogP contribution in [0, 0.1) is 0 Å². The van der Waals surface area contributed by atoms with Gasteiger partial charge in [-0.1, -0.05) is 0 Å². The topological polar surface area (TPSA) is 76.1 Å². The van der Waals surface area contributed by atoms with Crippen molar-refractivity contribution in [2.45, 2.75) is 63.7 Å². The third kappa shape index (κ3) is 3.62. The van der Waals surface area contributed by atoms with Crippen molar-refractivity contribution in [1.82, 2.24) is 4.90 Å². The molecule has 0 radical (unpaired) electrons. The predicted octanol–water partition coefficient (Wildman–Crippen LogP) is 2.27. The molecule has 0 aliphatic heterocycles. The largest absolute Gasteiger partial charge is 0.479 e. The number of amides is 1. The molecule has 0 saturated heterocycles. The second kappa shape index (κ2) is 5.99. The molecule has 2 unspecified atom stereocenters. The average molecular weight is 287 g/mol. The molecule has 1 fully saturated rings. The first-order chi connectivity index (χ1) is 9.12. The molecule has 1 N–H and O–H groups in total. The Kier molecular flexibility index (Phi) is 5.02. The number of methoxy groups -OCH3 is 1. The fourth-order valence-electron chi connectivity index (χ4n) is 2.55. The van der Waals surface area contributed by atoms with Crippen molar-refractivity contribution in [2.75, 3.05) is 14.2 Å². The van der Waals surface area contributed by atoms with Gasteiger partial charge in [-0.2, -0.15) is 0 Å². The average Bonchev–Trinajstić information content (AvgIpc) is 2.35. The van der Waals surface area contributed by atoms with Gasteiger partial charge in [-0.15, -0.1) is 0 Å².